The van der Waals surface area contributed by atoms with E-state index in [1.165, 1.54) is 0 Å². The molecule has 2 aromatic rings. The fourth-order valence-electron chi connectivity index (χ4n) is 1.63. The number of aromatic nitrogens is 1. The van der Waals surface area contributed by atoms with Gasteiger partial charge in [0.2, 0.25) is 0 Å². The fourth-order valence-corrected chi connectivity index (χ4v) is 3.30. The van der Waals surface area contributed by atoms with Crippen molar-refractivity contribution >= 4 is 43.5 Å². The summed E-state index contributed by atoms with van der Waals surface area (Å²) in [5.74, 6) is 1.10. The number of rotatable bonds is 4. The molecule has 2 rings (SSSR count). The van der Waals surface area contributed by atoms with Crippen LogP contribution < -0.4 is 4.74 Å². The minimum absolute atomic E-state index is 0.272. The van der Waals surface area contributed by atoms with Crippen molar-refractivity contribution in [3.63, 3.8) is 0 Å². The summed E-state index contributed by atoms with van der Waals surface area (Å²) in [4.78, 5) is 4.00. The normalized spacial score (nSPS) is 10.1. The van der Waals surface area contributed by atoms with E-state index in [0.29, 0.717) is 17.3 Å². The third-order valence-electron chi connectivity index (χ3n) is 2.58. The summed E-state index contributed by atoms with van der Waals surface area (Å²) in [7, 11) is 0. The molecule has 20 heavy (non-hydrogen) atoms. The number of halogens is 3. The molecule has 0 saturated carbocycles. The van der Waals surface area contributed by atoms with Crippen LogP contribution in [0, 0.1) is 11.3 Å². The van der Waals surface area contributed by atoms with Crippen molar-refractivity contribution < 1.29 is 4.74 Å². The highest BCUT2D eigenvalue weighted by molar-refractivity contribution is 9.11. The van der Waals surface area contributed by atoms with Crippen LogP contribution in [0.25, 0.3) is 0 Å². The number of ether oxygens (including phenoxy) is 1. The predicted molar refractivity (Wildman–Crippen MR) is 84.7 cm³/mol. The molecule has 0 fully saturated rings. The van der Waals surface area contributed by atoms with Crippen LogP contribution in [0.15, 0.2) is 39.4 Å². The van der Waals surface area contributed by atoms with Crippen molar-refractivity contribution in [3.8, 4) is 11.8 Å². The van der Waals surface area contributed by atoms with Crippen molar-refractivity contribution in [2.75, 3.05) is 0 Å². The minimum Gasteiger partial charge on any atom is -0.486 e. The Balaban J connectivity index is 2.22. The van der Waals surface area contributed by atoms with Crippen molar-refractivity contribution in [2.24, 2.45) is 0 Å². The number of benzene rings is 1. The second-order valence-corrected chi connectivity index (χ2v) is 5.91. The van der Waals surface area contributed by atoms with Crippen LogP contribution in [0.3, 0.4) is 0 Å². The molecule has 0 aliphatic heterocycles. The van der Waals surface area contributed by atoms with Crippen molar-refractivity contribution in [1.82, 2.24) is 4.98 Å². The Labute approximate surface area is 138 Å². The quantitative estimate of drug-likeness (QED) is 0.673. The summed E-state index contributed by atoms with van der Waals surface area (Å²) in [5.41, 5.74) is 2.10. The molecule has 1 aromatic heterocycles. The standard InChI is InChI=1S/C14H9Br2ClN2O/c15-11-4-9(6-17)5-12(16)14(11)20-8-10-2-1-3-19-13(10)7-18/h1-5H,6,8H2. The summed E-state index contributed by atoms with van der Waals surface area (Å²) in [6, 6.07) is 9.45. The molecule has 0 N–H and O–H groups in total. The van der Waals surface area contributed by atoms with Gasteiger partial charge in [-0.3, -0.25) is 0 Å². The fraction of sp³-hybridized carbons (Fsp3) is 0.143. The molecule has 0 saturated heterocycles. The zero-order valence-corrected chi connectivity index (χ0v) is 14.2. The maximum absolute atomic E-state index is 8.99. The van der Waals surface area contributed by atoms with Crippen LogP contribution in [0.4, 0.5) is 0 Å². The summed E-state index contributed by atoms with van der Waals surface area (Å²) in [6.07, 6.45) is 1.59. The molecule has 0 bridgehead atoms. The Morgan fingerprint density at radius 3 is 2.60 bits per heavy atom. The van der Waals surface area contributed by atoms with Gasteiger partial charge in [0, 0.05) is 17.6 Å². The Morgan fingerprint density at radius 1 is 1.30 bits per heavy atom. The van der Waals surface area contributed by atoms with Crippen LogP contribution in [-0.4, -0.2) is 4.98 Å². The maximum Gasteiger partial charge on any atom is 0.148 e. The molecule has 0 spiro atoms. The lowest BCUT2D eigenvalue weighted by atomic mass is 10.2. The van der Waals surface area contributed by atoms with E-state index in [2.05, 4.69) is 36.8 Å². The van der Waals surface area contributed by atoms with Gasteiger partial charge in [-0.1, -0.05) is 6.07 Å². The number of hydrogen-bond donors (Lipinski definition) is 0. The van der Waals surface area contributed by atoms with Gasteiger partial charge in [-0.15, -0.1) is 11.6 Å². The first kappa shape index (κ1) is 15.3. The van der Waals surface area contributed by atoms with E-state index in [4.69, 9.17) is 21.6 Å². The monoisotopic (exact) mass is 414 g/mol. The SMILES string of the molecule is N#Cc1ncccc1COc1c(Br)cc(CCl)cc1Br. The lowest BCUT2D eigenvalue weighted by molar-refractivity contribution is 0.301. The molecule has 3 nitrogen and oxygen atoms in total. The molecule has 0 atom stereocenters. The zero-order chi connectivity index (χ0) is 14.5. The lowest BCUT2D eigenvalue weighted by Gasteiger charge is -2.12. The molecular weight excluding hydrogens is 407 g/mol. The minimum atomic E-state index is 0.272. The number of alkyl halides is 1. The molecule has 1 aromatic carbocycles. The summed E-state index contributed by atoms with van der Waals surface area (Å²) in [5, 5.41) is 8.99. The molecule has 102 valence electrons. The summed E-state index contributed by atoms with van der Waals surface area (Å²) < 4.78 is 7.39. The first-order valence-corrected chi connectivity index (χ1v) is 7.78. The van der Waals surface area contributed by atoms with E-state index < -0.39 is 0 Å². The molecule has 0 amide bonds. The number of nitrogens with zero attached hydrogens (tertiary/aromatic N) is 2. The zero-order valence-electron chi connectivity index (χ0n) is 10.2. The lowest BCUT2D eigenvalue weighted by Crippen LogP contribution is -2.01. The molecule has 6 heteroatoms. The Kier molecular flexibility index (Phi) is 5.41. The first-order chi connectivity index (χ1) is 9.65. The van der Waals surface area contributed by atoms with E-state index in [1.807, 2.05) is 24.3 Å². The molecule has 0 radical (unpaired) electrons. The van der Waals surface area contributed by atoms with Crippen molar-refractivity contribution in [3.05, 3.63) is 56.2 Å². The topological polar surface area (TPSA) is 45.9 Å². The number of pyridine rings is 1. The van der Waals surface area contributed by atoms with E-state index in [0.717, 1.165) is 20.1 Å². The highest BCUT2D eigenvalue weighted by atomic mass is 79.9. The van der Waals surface area contributed by atoms with Gasteiger partial charge in [0.1, 0.15) is 24.1 Å². The largest absolute Gasteiger partial charge is 0.486 e. The third kappa shape index (κ3) is 3.51. The van der Waals surface area contributed by atoms with Gasteiger partial charge in [-0.25, -0.2) is 4.98 Å². The van der Waals surface area contributed by atoms with Crippen LogP contribution in [-0.2, 0) is 12.5 Å². The van der Waals surface area contributed by atoms with Crippen molar-refractivity contribution in [2.45, 2.75) is 12.5 Å². The van der Waals surface area contributed by atoms with E-state index in [1.54, 1.807) is 12.3 Å². The molecule has 0 unspecified atom stereocenters. The first-order valence-electron chi connectivity index (χ1n) is 5.66. The van der Waals surface area contributed by atoms with Crippen LogP contribution in [0.5, 0.6) is 5.75 Å². The molecular formula is C14H9Br2ClN2O. The van der Waals surface area contributed by atoms with E-state index in [9.17, 15) is 0 Å². The number of nitriles is 1. The van der Waals surface area contributed by atoms with Gasteiger partial charge in [0.25, 0.3) is 0 Å². The third-order valence-corrected chi connectivity index (χ3v) is 4.07. The average Bonchev–Trinajstić information content (AvgIpc) is 2.46. The summed E-state index contributed by atoms with van der Waals surface area (Å²) >= 11 is 12.7. The number of hydrogen-bond acceptors (Lipinski definition) is 3. The van der Waals surface area contributed by atoms with Gasteiger partial charge in [0.15, 0.2) is 0 Å². The maximum atomic E-state index is 8.99. The summed E-state index contributed by atoms with van der Waals surface area (Å²) in [6.45, 7) is 0.272. The smallest absolute Gasteiger partial charge is 0.148 e. The Hall–Kier alpha value is -1.09. The van der Waals surface area contributed by atoms with Crippen LogP contribution >= 0.6 is 43.5 Å². The predicted octanol–water partition coefficient (Wildman–Crippen LogP) is 4.80. The van der Waals surface area contributed by atoms with Crippen LogP contribution in [0.1, 0.15) is 16.8 Å². The second kappa shape index (κ2) is 7.07. The van der Waals surface area contributed by atoms with E-state index >= 15 is 0 Å². The molecule has 1 heterocycles. The van der Waals surface area contributed by atoms with Gasteiger partial charge in [0.05, 0.1) is 8.95 Å². The Morgan fingerprint density at radius 2 is 2.00 bits per heavy atom. The second-order valence-electron chi connectivity index (χ2n) is 3.93. The van der Waals surface area contributed by atoms with Gasteiger partial charge in [-0.2, -0.15) is 5.26 Å². The van der Waals surface area contributed by atoms with Gasteiger partial charge < -0.3 is 4.74 Å². The highest BCUT2D eigenvalue weighted by Crippen LogP contribution is 2.35. The Bertz CT molecular complexity index is 647. The molecule has 0 aliphatic rings. The molecule has 0 aliphatic carbocycles. The average molecular weight is 417 g/mol. The van der Waals surface area contributed by atoms with Crippen molar-refractivity contribution in [1.29, 1.82) is 5.26 Å². The van der Waals surface area contributed by atoms with E-state index in [-0.39, 0.29) is 6.61 Å². The highest BCUT2D eigenvalue weighted by Gasteiger charge is 2.10. The van der Waals surface area contributed by atoms with Crippen LogP contribution in [0.2, 0.25) is 0 Å². The van der Waals surface area contributed by atoms with Gasteiger partial charge in [-0.05, 0) is 55.6 Å². The van der Waals surface area contributed by atoms with Gasteiger partial charge >= 0.3 is 0 Å².